The SMILES string of the molecule is CCCNC(Cc1ccnc2ccccc12)C(C)CCC. The van der Waals surface area contributed by atoms with E-state index in [0.717, 1.165) is 18.5 Å². The van der Waals surface area contributed by atoms with Gasteiger partial charge in [0.15, 0.2) is 0 Å². The topological polar surface area (TPSA) is 24.9 Å². The Morgan fingerprint density at radius 3 is 2.67 bits per heavy atom. The van der Waals surface area contributed by atoms with E-state index in [-0.39, 0.29) is 0 Å². The molecule has 1 aromatic heterocycles. The molecule has 2 rings (SSSR count). The molecule has 1 N–H and O–H groups in total. The van der Waals surface area contributed by atoms with E-state index in [4.69, 9.17) is 0 Å². The van der Waals surface area contributed by atoms with Gasteiger partial charge >= 0.3 is 0 Å². The number of rotatable bonds is 8. The Hall–Kier alpha value is -1.41. The number of hydrogen-bond acceptors (Lipinski definition) is 2. The average Bonchev–Trinajstić information content (AvgIpc) is 2.51. The predicted molar refractivity (Wildman–Crippen MR) is 91.6 cm³/mol. The second-order valence-corrected chi connectivity index (χ2v) is 6.02. The molecule has 0 bridgehead atoms. The molecule has 0 aliphatic rings. The minimum Gasteiger partial charge on any atom is -0.313 e. The first-order valence-electron chi connectivity index (χ1n) is 8.32. The highest BCUT2D eigenvalue weighted by atomic mass is 14.9. The molecule has 0 aliphatic heterocycles. The van der Waals surface area contributed by atoms with Crippen LogP contribution in [-0.4, -0.2) is 17.6 Å². The van der Waals surface area contributed by atoms with Crippen LogP contribution in [0.15, 0.2) is 36.5 Å². The molecule has 0 radical (unpaired) electrons. The molecular formula is C19H28N2. The molecule has 2 aromatic rings. The molecule has 0 amide bonds. The van der Waals surface area contributed by atoms with Crippen molar-refractivity contribution < 1.29 is 0 Å². The van der Waals surface area contributed by atoms with Crippen LogP contribution in [0, 0.1) is 5.92 Å². The molecular weight excluding hydrogens is 256 g/mol. The van der Waals surface area contributed by atoms with Crippen molar-refractivity contribution in [2.45, 2.75) is 52.5 Å². The lowest BCUT2D eigenvalue weighted by molar-refractivity contribution is 0.353. The van der Waals surface area contributed by atoms with Crippen molar-refractivity contribution in [1.29, 1.82) is 0 Å². The van der Waals surface area contributed by atoms with Crippen molar-refractivity contribution in [3.63, 3.8) is 0 Å². The number of benzene rings is 1. The second-order valence-electron chi connectivity index (χ2n) is 6.02. The molecule has 2 atom stereocenters. The van der Waals surface area contributed by atoms with Crippen molar-refractivity contribution in [1.82, 2.24) is 10.3 Å². The summed E-state index contributed by atoms with van der Waals surface area (Å²) in [5, 5.41) is 5.04. The van der Waals surface area contributed by atoms with Crippen LogP contribution < -0.4 is 5.32 Å². The molecule has 0 spiro atoms. The van der Waals surface area contributed by atoms with Gasteiger partial charge in [-0.05, 0) is 49.4 Å². The zero-order valence-electron chi connectivity index (χ0n) is 13.6. The van der Waals surface area contributed by atoms with Gasteiger partial charge in [-0.1, -0.05) is 45.4 Å². The van der Waals surface area contributed by atoms with Gasteiger partial charge in [0.1, 0.15) is 0 Å². The van der Waals surface area contributed by atoms with E-state index in [1.807, 2.05) is 6.20 Å². The van der Waals surface area contributed by atoms with Gasteiger partial charge in [-0.2, -0.15) is 0 Å². The van der Waals surface area contributed by atoms with Gasteiger partial charge in [0.2, 0.25) is 0 Å². The third kappa shape index (κ3) is 4.28. The lowest BCUT2D eigenvalue weighted by Crippen LogP contribution is -2.37. The van der Waals surface area contributed by atoms with E-state index in [1.165, 1.54) is 30.2 Å². The fraction of sp³-hybridized carbons (Fsp3) is 0.526. The summed E-state index contributed by atoms with van der Waals surface area (Å²) < 4.78 is 0. The highest BCUT2D eigenvalue weighted by molar-refractivity contribution is 5.81. The van der Waals surface area contributed by atoms with E-state index in [1.54, 1.807) is 0 Å². The average molecular weight is 284 g/mol. The summed E-state index contributed by atoms with van der Waals surface area (Å²) in [4.78, 5) is 4.47. The van der Waals surface area contributed by atoms with Crippen molar-refractivity contribution in [2.75, 3.05) is 6.54 Å². The summed E-state index contributed by atoms with van der Waals surface area (Å²) in [5.41, 5.74) is 2.52. The number of para-hydroxylation sites is 1. The minimum atomic E-state index is 0.552. The van der Waals surface area contributed by atoms with E-state index in [9.17, 15) is 0 Å². The Morgan fingerprint density at radius 2 is 1.90 bits per heavy atom. The molecule has 21 heavy (non-hydrogen) atoms. The molecule has 0 saturated carbocycles. The maximum Gasteiger partial charge on any atom is 0.0704 e. The monoisotopic (exact) mass is 284 g/mol. The van der Waals surface area contributed by atoms with Gasteiger partial charge in [-0.15, -0.1) is 0 Å². The standard InChI is InChI=1S/C19H28N2/c1-4-8-15(3)19(20-12-5-2)14-16-11-13-21-18-10-7-6-9-17(16)18/h6-7,9-11,13,15,19-20H,4-5,8,12,14H2,1-3H3. The van der Waals surface area contributed by atoms with Crippen LogP contribution in [0.2, 0.25) is 0 Å². The fourth-order valence-corrected chi connectivity index (χ4v) is 3.03. The molecule has 2 unspecified atom stereocenters. The Morgan fingerprint density at radius 1 is 1.10 bits per heavy atom. The van der Waals surface area contributed by atoms with Gasteiger partial charge in [0.05, 0.1) is 5.52 Å². The van der Waals surface area contributed by atoms with Crippen molar-refractivity contribution in [2.24, 2.45) is 5.92 Å². The Balaban J connectivity index is 2.21. The van der Waals surface area contributed by atoms with Crippen molar-refractivity contribution >= 4 is 10.9 Å². The first kappa shape index (κ1) is 16.0. The maximum absolute atomic E-state index is 4.47. The Bertz CT molecular complexity index is 545. The van der Waals surface area contributed by atoms with Gasteiger partial charge in [0.25, 0.3) is 0 Å². The summed E-state index contributed by atoms with van der Waals surface area (Å²) >= 11 is 0. The number of pyridine rings is 1. The number of nitrogens with one attached hydrogen (secondary N) is 1. The Kier molecular flexibility index (Phi) is 6.19. The minimum absolute atomic E-state index is 0.552. The predicted octanol–water partition coefficient (Wildman–Crippen LogP) is 4.58. The van der Waals surface area contributed by atoms with Gasteiger partial charge in [0, 0.05) is 17.6 Å². The van der Waals surface area contributed by atoms with E-state index < -0.39 is 0 Å². The quantitative estimate of drug-likeness (QED) is 0.767. The molecule has 0 fully saturated rings. The van der Waals surface area contributed by atoms with Crippen LogP contribution in [0.4, 0.5) is 0 Å². The summed E-state index contributed by atoms with van der Waals surface area (Å²) in [7, 11) is 0. The molecule has 1 heterocycles. The zero-order chi connectivity index (χ0) is 15.1. The lowest BCUT2D eigenvalue weighted by atomic mass is 9.90. The number of nitrogens with zero attached hydrogens (tertiary/aromatic N) is 1. The molecule has 114 valence electrons. The van der Waals surface area contributed by atoms with Crippen LogP contribution in [0.3, 0.4) is 0 Å². The van der Waals surface area contributed by atoms with Crippen LogP contribution >= 0.6 is 0 Å². The second kappa shape index (κ2) is 8.14. The third-order valence-corrected chi connectivity index (χ3v) is 4.27. The summed E-state index contributed by atoms with van der Waals surface area (Å²) in [6.07, 6.45) is 6.75. The molecule has 0 aliphatic carbocycles. The summed E-state index contributed by atoms with van der Waals surface area (Å²) in [6.45, 7) is 7.98. The highest BCUT2D eigenvalue weighted by Crippen LogP contribution is 2.21. The van der Waals surface area contributed by atoms with Crippen molar-refractivity contribution in [3.05, 3.63) is 42.1 Å². The third-order valence-electron chi connectivity index (χ3n) is 4.27. The number of hydrogen-bond donors (Lipinski definition) is 1. The molecule has 2 nitrogen and oxygen atoms in total. The van der Waals surface area contributed by atoms with E-state index in [2.05, 4.69) is 61.4 Å². The summed E-state index contributed by atoms with van der Waals surface area (Å²) in [6, 6.07) is 11.2. The summed E-state index contributed by atoms with van der Waals surface area (Å²) in [5.74, 6) is 0.702. The fourth-order valence-electron chi connectivity index (χ4n) is 3.03. The van der Waals surface area contributed by atoms with Crippen LogP contribution in [0.1, 0.15) is 45.6 Å². The van der Waals surface area contributed by atoms with Crippen LogP contribution in [-0.2, 0) is 6.42 Å². The lowest BCUT2D eigenvalue weighted by Gasteiger charge is -2.25. The zero-order valence-corrected chi connectivity index (χ0v) is 13.6. The number of aromatic nitrogens is 1. The highest BCUT2D eigenvalue weighted by Gasteiger charge is 2.17. The van der Waals surface area contributed by atoms with Gasteiger partial charge in [-0.3, -0.25) is 4.98 Å². The first-order chi connectivity index (χ1) is 10.3. The molecule has 1 aromatic carbocycles. The van der Waals surface area contributed by atoms with Crippen molar-refractivity contribution in [3.8, 4) is 0 Å². The van der Waals surface area contributed by atoms with Gasteiger partial charge < -0.3 is 5.32 Å². The van der Waals surface area contributed by atoms with Gasteiger partial charge in [-0.25, -0.2) is 0 Å². The largest absolute Gasteiger partial charge is 0.313 e. The van der Waals surface area contributed by atoms with Crippen LogP contribution in [0.5, 0.6) is 0 Å². The normalized spacial score (nSPS) is 14.2. The molecule has 2 heteroatoms. The molecule has 0 saturated heterocycles. The Labute approximate surface area is 129 Å². The smallest absolute Gasteiger partial charge is 0.0704 e. The maximum atomic E-state index is 4.47. The van der Waals surface area contributed by atoms with E-state index >= 15 is 0 Å². The number of fused-ring (bicyclic) bond motifs is 1. The van der Waals surface area contributed by atoms with E-state index in [0.29, 0.717) is 12.0 Å². The van der Waals surface area contributed by atoms with Crippen LogP contribution in [0.25, 0.3) is 10.9 Å². The first-order valence-corrected chi connectivity index (χ1v) is 8.32.